The Morgan fingerprint density at radius 1 is 1.00 bits per heavy atom. The summed E-state index contributed by atoms with van der Waals surface area (Å²) in [6, 6.07) is 6.86. The quantitative estimate of drug-likeness (QED) is 0.757. The van der Waals surface area contributed by atoms with E-state index in [2.05, 4.69) is 45.9 Å². The maximum absolute atomic E-state index is 9.70. The lowest BCUT2D eigenvalue weighted by Gasteiger charge is -2.21. The summed E-state index contributed by atoms with van der Waals surface area (Å²) in [6.07, 6.45) is 4.24. The van der Waals surface area contributed by atoms with E-state index in [4.69, 9.17) is 0 Å². The molecule has 0 heterocycles. The van der Waals surface area contributed by atoms with E-state index >= 15 is 0 Å². The number of rotatable bonds is 5. The first-order valence-electron chi connectivity index (χ1n) is 7.42. The zero-order chi connectivity index (χ0) is 14.7. The molecule has 0 unspecified atom stereocenters. The summed E-state index contributed by atoms with van der Waals surface area (Å²) >= 11 is 0. The minimum atomic E-state index is -0.523. The lowest BCUT2D eigenvalue weighted by atomic mass is 9.85. The number of benzene rings is 1. The molecule has 19 heavy (non-hydrogen) atoms. The molecule has 0 amide bonds. The zero-order valence-electron chi connectivity index (χ0n) is 13.5. The molecule has 0 saturated carbocycles. The van der Waals surface area contributed by atoms with Crippen LogP contribution in [0.4, 0.5) is 0 Å². The smallest absolute Gasteiger partial charge is 0.0591 e. The molecule has 1 rings (SSSR count). The van der Waals surface area contributed by atoms with Crippen LogP contribution in [-0.2, 0) is 11.8 Å². The molecule has 0 spiro atoms. The van der Waals surface area contributed by atoms with Crippen molar-refractivity contribution in [1.82, 2.24) is 0 Å². The maximum Gasteiger partial charge on any atom is 0.0591 e. The minimum absolute atomic E-state index is 0.226. The molecule has 1 N–H and O–H groups in total. The summed E-state index contributed by atoms with van der Waals surface area (Å²) < 4.78 is 0. The van der Waals surface area contributed by atoms with Crippen LogP contribution in [0.25, 0.3) is 0 Å². The largest absolute Gasteiger partial charge is 0.390 e. The van der Waals surface area contributed by atoms with Gasteiger partial charge in [0, 0.05) is 0 Å². The third kappa shape index (κ3) is 5.78. The lowest BCUT2D eigenvalue weighted by molar-refractivity contribution is 0.0682. The van der Waals surface area contributed by atoms with Crippen LogP contribution in [0.15, 0.2) is 18.2 Å². The fourth-order valence-electron chi connectivity index (χ4n) is 2.32. The molecule has 1 aromatic rings. The lowest BCUT2D eigenvalue weighted by Crippen LogP contribution is -2.17. The van der Waals surface area contributed by atoms with Crippen molar-refractivity contribution in [2.45, 2.75) is 78.2 Å². The molecule has 1 aromatic carbocycles. The molecule has 0 fully saturated rings. The van der Waals surface area contributed by atoms with Gasteiger partial charge in [-0.25, -0.2) is 0 Å². The third-order valence-electron chi connectivity index (χ3n) is 3.69. The number of hydrogen-bond donors (Lipinski definition) is 1. The van der Waals surface area contributed by atoms with Gasteiger partial charge < -0.3 is 5.11 Å². The molecule has 0 radical (unpaired) electrons. The molecule has 0 atom stereocenters. The van der Waals surface area contributed by atoms with E-state index < -0.39 is 5.60 Å². The van der Waals surface area contributed by atoms with Gasteiger partial charge in [-0.3, -0.25) is 0 Å². The van der Waals surface area contributed by atoms with Crippen molar-refractivity contribution in [3.8, 4) is 0 Å². The average molecular weight is 262 g/mol. The van der Waals surface area contributed by atoms with E-state index in [1.54, 1.807) is 0 Å². The predicted octanol–water partition coefficient (Wildman–Crippen LogP) is 4.78. The molecule has 0 bridgehead atoms. The van der Waals surface area contributed by atoms with Crippen molar-refractivity contribution in [1.29, 1.82) is 0 Å². The van der Waals surface area contributed by atoms with Crippen LogP contribution in [0.5, 0.6) is 0 Å². The SMILES string of the molecule is Cc1cc(C(C)(C)C)ccc1CCCCC(C)(C)O. The average Bonchev–Trinajstić information content (AvgIpc) is 2.23. The van der Waals surface area contributed by atoms with Crippen molar-refractivity contribution >= 4 is 0 Å². The first-order chi connectivity index (χ1) is 8.59. The van der Waals surface area contributed by atoms with Crippen molar-refractivity contribution in [3.05, 3.63) is 34.9 Å². The zero-order valence-corrected chi connectivity index (χ0v) is 13.5. The standard InChI is InChI=1S/C18H30O/c1-14-13-16(17(2,3)4)11-10-15(14)9-7-8-12-18(5,6)19/h10-11,13,19H,7-9,12H2,1-6H3. The monoisotopic (exact) mass is 262 g/mol. The van der Waals surface area contributed by atoms with Crippen LogP contribution in [-0.4, -0.2) is 10.7 Å². The van der Waals surface area contributed by atoms with Crippen molar-refractivity contribution < 1.29 is 5.11 Å². The van der Waals surface area contributed by atoms with E-state index in [-0.39, 0.29) is 5.41 Å². The third-order valence-corrected chi connectivity index (χ3v) is 3.69. The Kier molecular flexibility index (Phi) is 5.20. The number of aryl methyl sites for hydroxylation is 2. The summed E-state index contributed by atoms with van der Waals surface area (Å²) in [4.78, 5) is 0. The Labute approximate surface area is 119 Å². The van der Waals surface area contributed by atoms with Crippen LogP contribution in [0, 0.1) is 6.92 Å². The second-order valence-electron chi connectivity index (χ2n) is 7.41. The second kappa shape index (κ2) is 6.09. The van der Waals surface area contributed by atoms with E-state index in [1.165, 1.54) is 16.7 Å². The van der Waals surface area contributed by atoms with Crippen LogP contribution in [0.3, 0.4) is 0 Å². The number of hydrogen-bond acceptors (Lipinski definition) is 1. The molecular weight excluding hydrogens is 232 g/mol. The summed E-state index contributed by atoms with van der Waals surface area (Å²) in [5.74, 6) is 0. The van der Waals surface area contributed by atoms with Gasteiger partial charge in [0.15, 0.2) is 0 Å². The topological polar surface area (TPSA) is 20.2 Å². The van der Waals surface area contributed by atoms with Gasteiger partial charge in [0.2, 0.25) is 0 Å². The minimum Gasteiger partial charge on any atom is -0.390 e. The number of aliphatic hydroxyl groups is 1. The Morgan fingerprint density at radius 2 is 1.63 bits per heavy atom. The maximum atomic E-state index is 9.70. The highest BCUT2D eigenvalue weighted by Crippen LogP contribution is 2.25. The van der Waals surface area contributed by atoms with Gasteiger partial charge in [0.1, 0.15) is 0 Å². The predicted molar refractivity (Wildman–Crippen MR) is 83.7 cm³/mol. The Bertz CT molecular complexity index is 405. The Balaban J connectivity index is 2.57. The molecule has 1 nitrogen and oxygen atoms in total. The van der Waals surface area contributed by atoms with E-state index in [0.29, 0.717) is 0 Å². The van der Waals surface area contributed by atoms with Crippen LogP contribution < -0.4 is 0 Å². The fraction of sp³-hybridized carbons (Fsp3) is 0.667. The summed E-state index contributed by atoms with van der Waals surface area (Å²) in [5, 5.41) is 9.70. The van der Waals surface area contributed by atoms with Gasteiger partial charge in [-0.2, -0.15) is 0 Å². The molecule has 0 aliphatic heterocycles. The van der Waals surface area contributed by atoms with Gasteiger partial charge >= 0.3 is 0 Å². The highest BCUT2D eigenvalue weighted by Gasteiger charge is 2.15. The van der Waals surface area contributed by atoms with E-state index in [9.17, 15) is 5.11 Å². The van der Waals surface area contributed by atoms with Gasteiger partial charge in [0.25, 0.3) is 0 Å². The molecule has 108 valence electrons. The number of unbranched alkanes of at least 4 members (excludes halogenated alkanes) is 1. The van der Waals surface area contributed by atoms with Gasteiger partial charge in [-0.1, -0.05) is 45.4 Å². The summed E-state index contributed by atoms with van der Waals surface area (Å²) in [7, 11) is 0. The highest BCUT2D eigenvalue weighted by molar-refractivity contribution is 5.34. The Hall–Kier alpha value is -0.820. The first-order valence-corrected chi connectivity index (χ1v) is 7.42. The van der Waals surface area contributed by atoms with Gasteiger partial charge in [0.05, 0.1) is 5.60 Å². The van der Waals surface area contributed by atoms with Crippen LogP contribution in [0.1, 0.15) is 70.6 Å². The van der Waals surface area contributed by atoms with Crippen molar-refractivity contribution in [2.75, 3.05) is 0 Å². The Morgan fingerprint density at radius 3 is 2.11 bits per heavy atom. The highest BCUT2D eigenvalue weighted by atomic mass is 16.3. The molecule has 1 heteroatoms. The van der Waals surface area contributed by atoms with E-state index in [0.717, 1.165) is 25.7 Å². The van der Waals surface area contributed by atoms with Crippen LogP contribution in [0.2, 0.25) is 0 Å². The summed E-state index contributed by atoms with van der Waals surface area (Å²) in [5.41, 5.74) is 3.96. The van der Waals surface area contributed by atoms with E-state index in [1.807, 2.05) is 13.8 Å². The van der Waals surface area contributed by atoms with Gasteiger partial charge in [-0.05, 0) is 62.1 Å². The molecule has 0 aliphatic rings. The van der Waals surface area contributed by atoms with Gasteiger partial charge in [-0.15, -0.1) is 0 Å². The molecule has 0 aromatic heterocycles. The normalized spacial score (nSPS) is 12.8. The summed E-state index contributed by atoms with van der Waals surface area (Å²) in [6.45, 7) is 12.7. The first kappa shape index (κ1) is 16.2. The fourth-order valence-corrected chi connectivity index (χ4v) is 2.32. The second-order valence-corrected chi connectivity index (χ2v) is 7.41. The molecule has 0 saturated heterocycles. The molecule has 0 aliphatic carbocycles. The van der Waals surface area contributed by atoms with Crippen molar-refractivity contribution in [3.63, 3.8) is 0 Å². The molecular formula is C18H30O. The van der Waals surface area contributed by atoms with Crippen molar-refractivity contribution in [2.24, 2.45) is 0 Å². The van der Waals surface area contributed by atoms with Crippen LogP contribution >= 0.6 is 0 Å².